The number of hydrogen-bond donors (Lipinski definition) is 1. The first-order valence-corrected chi connectivity index (χ1v) is 6.13. The summed E-state index contributed by atoms with van der Waals surface area (Å²) in [5, 5.41) is 17.9. The molecule has 0 unspecified atom stereocenters. The van der Waals surface area contributed by atoms with Crippen molar-refractivity contribution in [3.8, 4) is 11.8 Å². The molecule has 100 valence electrons. The van der Waals surface area contributed by atoms with Gasteiger partial charge < -0.3 is 10.0 Å². The Morgan fingerprint density at radius 2 is 1.75 bits per heavy atom. The lowest BCUT2D eigenvalue weighted by atomic mass is 10.1. The molecule has 0 heterocycles. The molecule has 2 aromatic carbocycles. The zero-order valence-corrected chi connectivity index (χ0v) is 11.1. The van der Waals surface area contributed by atoms with Crippen molar-refractivity contribution in [1.29, 1.82) is 5.26 Å². The van der Waals surface area contributed by atoms with Crippen molar-refractivity contribution >= 4 is 5.91 Å². The zero-order valence-electron chi connectivity index (χ0n) is 11.1. The maximum atomic E-state index is 12.2. The number of phenolic OH excluding ortho intramolecular Hbond substituents is 1. The van der Waals surface area contributed by atoms with Crippen molar-refractivity contribution in [3.63, 3.8) is 0 Å². The average molecular weight is 266 g/mol. The fourth-order valence-electron chi connectivity index (χ4n) is 1.85. The van der Waals surface area contributed by atoms with Gasteiger partial charge in [0.05, 0.1) is 11.6 Å². The predicted molar refractivity (Wildman–Crippen MR) is 75.1 cm³/mol. The topological polar surface area (TPSA) is 64.3 Å². The van der Waals surface area contributed by atoms with Crippen LogP contribution < -0.4 is 0 Å². The van der Waals surface area contributed by atoms with E-state index in [4.69, 9.17) is 5.26 Å². The summed E-state index contributed by atoms with van der Waals surface area (Å²) in [4.78, 5) is 13.8. The van der Waals surface area contributed by atoms with Crippen LogP contribution >= 0.6 is 0 Å². The Morgan fingerprint density at radius 1 is 1.15 bits per heavy atom. The van der Waals surface area contributed by atoms with Crippen molar-refractivity contribution < 1.29 is 9.90 Å². The highest BCUT2D eigenvalue weighted by Gasteiger charge is 2.11. The molecular weight excluding hydrogens is 252 g/mol. The van der Waals surface area contributed by atoms with Crippen LogP contribution in [0.2, 0.25) is 0 Å². The van der Waals surface area contributed by atoms with Gasteiger partial charge in [-0.1, -0.05) is 12.1 Å². The average Bonchev–Trinajstić information content (AvgIpc) is 2.49. The number of hydrogen-bond acceptors (Lipinski definition) is 3. The number of amides is 1. The molecule has 20 heavy (non-hydrogen) atoms. The molecule has 0 fully saturated rings. The van der Waals surface area contributed by atoms with Crippen LogP contribution in [0.1, 0.15) is 21.5 Å². The molecule has 2 rings (SSSR count). The number of carbonyl (C=O) groups excluding carboxylic acids is 1. The first-order valence-electron chi connectivity index (χ1n) is 6.13. The first kappa shape index (κ1) is 13.6. The molecule has 0 aromatic heterocycles. The van der Waals surface area contributed by atoms with Crippen molar-refractivity contribution in [1.82, 2.24) is 4.90 Å². The molecular formula is C16H14N2O2. The van der Waals surface area contributed by atoms with Crippen LogP contribution in [0.25, 0.3) is 0 Å². The predicted octanol–water partition coefficient (Wildman–Crippen LogP) is 2.54. The van der Waals surface area contributed by atoms with Crippen molar-refractivity contribution in [2.45, 2.75) is 6.54 Å². The summed E-state index contributed by atoms with van der Waals surface area (Å²) in [5.74, 6) is 0.0948. The van der Waals surface area contributed by atoms with Crippen LogP contribution in [-0.4, -0.2) is 23.0 Å². The minimum absolute atomic E-state index is 0.109. The third-order valence-electron chi connectivity index (χ3n) is 2.96. The van der Waals surface area contributed by atoms with E-state index in [-0.39, 0.29) is 11.7 Å². The Morgan fingerprint density at radius 3 is 2.30 bits per heavy atom. The quantitative estimate of drug-likeness (QED) is 0.928. The van der Waals surface area contributed by atoms with Crippen molar-refractivity contribution in [2.75, 3.05) is 7.05 Å². The van der Waals surface area contributed by atoms with Gasteiger partial charge >= 0.3 is 0 Å². The lowest BCUT2D eigenvalue weighted by molar-refractivity contribution is 0.0785. The second-order valence-electron chi connectivity index (χ2n) is 4.52. The van der Waals surface area contributed by atoms with Gasteiger partial charge in [0.2, 0.25) is 0 Å². The summed E-state index contributed by atoms with van der Waals surface area (Å²) in [5.41, 5.74) is 2.01. The van der Waals surface area contributed by atoms with Crippen LogP contribution in [-0.2, 0) is 6.54 Å². The lowest BCUT2D eigenvalue weighted by Gasteiger charge is -2.17. The molecule has 0 aliphatic carbocycles. The number of rotatable bonds is 3. The van der Waals surface area contributed by atoms with E-state index in [0.717, 1.165) is 5.56 Å². The number of nitriles is 1. The van der Waals surface area contributed by atoms with Crippen LogP contribution in [0.15, 0.2) is 48.5 Å². The third kappa shape index (κ3) is 3.15. The Bertz CT molecular complexity index is 640. The van der Waals surface area contributed by atoms with Gasteiger partial charge in [-0.25, -0.2) is 0 Å². The smallest absolute Gasteiger partial charge is 0.253 e. The van der Waals surface area contributed by atoms with Crippen molar-refractivity contribution in [2.24, 2.45) is 0 Å². The molecule has 0 saturated heterocycles. The molecule has 0 spiro atoms. The third-order valence-corrected chi connectivity index (χ3v) is 2.96. The summed E-state index contributed by atoms with van der Waals surface area (Å²) in [6, 6.07) is 15.3. The van der Waals surface area contributed by atoms with E-state index in [1.807, 2.05) is 6.07 Å². The summed E-state index contributed by atoms with van der Waals surface area (Å²) < 4.78 is 0. The van der Waals surface area contributed by atoms with Crippen LogP contribution in [0.3, 0.4) is 0 Å². The first-order chi connectivity index (χ1) is 9.60. The molecule has 2 aromatic rings. The minimum atomic E-state index is -0.109. The maximum Gasteiger partial charge on any atom is 0.253 e. The fourth-order valence-corrected chi connectivity index (χ4v) is 1.85. The minimum Gasteiger partial charge on any atom is -0.508 e. The fraction of sp³-hybridized carbons (Fsp3) is 0.125. The largest absolute Gasteiger partial charge is 0.508 e. The van der Waals surface area contributed by atoms with Gasteiger partial charge in [0, 0.05) is 19.2 Å². The number of benzene rings is 2. The van der Waals surface area contributed by atoms with Crippen LogP contribution in [0.4, 0.5) is 0 Å². The van der Waals surface area contributed by atoms with Crippen LogP contribution in [0, 0.1) is 11.3 Å². The van der Waals surface area contributed by atoms with E-state index in [9.17, 15) is 9.90 Å². The second kappa shape index (κ2) is 5.89. The van der Waals surface area contributed by atoms with Gasteiger partial charge in [0.1, 0.15) is 5.75 Å². The molecule has 1 amide bonds. The van der Waals surface area contributed by atoms with Gasteiger partial charge in [-0.2, -0.15) is 5.26 Å². The van der Waals surface area contributed by atoms with E-state index in [0.29, 0.717) is 17.7 Å². The molecule has 0 bridgehead atoms. The highest BCUT2D eigenvalue weighted by Crippen LogP contribution is 2.13. The summed E-state index contributed by atoms with van der Waals surface area (Å²) in [6.45, 7) is 0.457. The maximum absolute atomic E-state index is 12.2. The van der Waals surface area contributed by atoms with Gasteiger partial charge in [-0.3, -0.25) is 4.79 Å². The monoisotopic (exact) mass is 266 g/mol. The Labute approximate surface area is 117 Å². The van der Waals surface area contributed by atoms with E-state index < -0.39 is 0 Å². The van der Waals surface area contributed by atoms with Crippen LogP contribution in [0.5, 0.6) is 5.75 Å². The molecule has 4 nitrogen and oxygen atoms in total. The second-order valence-corrected chi connectivity index (χ2v) is 4.52. The molecule has 0 saturated carbocycles. The summed E-state index contributed by atoms with van der Waals surface area (Å²) in [7, 11) is 1.72. The molecule has 0 aliphatic heterocycles. The highest BCUT2D eigenvalue weighted by molar-refractivity contribution is 5.94. The zero-order chi connectivity index (χ0) is 14.5. The summed E-state index contributed by atoms with van der Waals surface area (Å²) in [6.07, 6.45) is 0. The number of phenols is 1. The standard InChI is InChI=1S/C16H14N2O2/c1-18(11-13-4-8-15(19)9-5-13)16(20)14-6-2-12(10-17)3-7-14/h2-9,19H,11H2,1H3. The molecule has 0 aliphatic rings. The normalized spacial score (nSPS) is 9.80. The Balaban J connectivity index is 2.08. The molecule has 0 radical (unpaired) electrons. The van der Waals surface area contributed by atoms with E-state index >= 15 is 0 Å². The number of nitrogens with zero attached hydrogens (tertiary/aromatic N) is 2. The molecule has 4 heteroatoms. The van der Waals surface area contributed by atoms with Crippen molar-refractivity contribution in [3.05, 3.63) is 65.2 Å². The van der Waals surface area contributed by atoms with Gasteiger partial charge in [-0.05, 0) is 42.0 Å². The summed E-state index contributed by atoms with van der Waals surface area (Å²) >= 11 is 0. The SMILES string of the molecule is CN(Cc1ccc(O)cc1)C(=O)c1ccc(C#N)cc1. The number of carbonyl (C=O) groups is 1. The van der Waals surface area contributed by atoms with E-state index in [2.05, 4.69) is 0 Å². The molecule has 0 atom stereocenters. The van der Waals surface area contributed by atoms with E-state index in [1.165, 1.54) is 0 Å². The molecule has 1 N–H and O–H groups in total. The lowest BCUT2D eigenvalue weighted by Crippen LogP contribution is -2.26. The Kier molecular flexibility index (Phi) is 4.02. The Hall–Kier alpha value is -2.80. The number of aromatic hydroxyl groups is 1. The van der Waals surface area contributed by atoms with Gasteiger partial charge in [0.15, 0.2) is 0 Å². The van der Waals surface area contributed by atoms with Gasteiger partial charge in [0.25, 0.3) is 5.91 Å². The van der Waals surface area contributed by atoms with E-state index in [1.54, 1.807) is 60.5 Å². The van der Waals surface area contributed by atoms with Gasteiger partial charge in [-0.15, -0.1) is 0 Å². The highest BCUT2D eigenvalue weighted by atomic mass is 16.3.